The number of aromatic nitrogens is 2. The maximum absolute atomic E-state index is 11.5. The Balaban J connectivity index is 2.37. The van der Waals surface area contributed by atoms with Gasteiger partial charge in [-0.15, -0.1) is 0 Å². The molecule has 0 bridgehead atoms. The molecule has 8 nitrogen and oxygen atoms in total. The second-order valence-electron chi connectivity index (χ2n) is 3.83. The Hall–Kier alpha value is -2.09. The molecule has 1 atom stereocenters. The highest BCUT2D eigenvalue weighted by molar-refractivity contribution is 5.90. The molecule has 0 radical (unpaired) electrons. The van der Waals surface area contributed by atoms with Gasteiger partial charge in [0.15, 0.2) is 6.10 Å². The summed E-state index contributed by atoms with van der Waals surface area (Å²) in [6.45, 7) is 3.58. The van der Waals surface area contributed by atoms with Gasteiger partial charge >= 0.3 is 12.0 Å². The molecule has 0 aliphatic rings. The van der Waals surface area contributed by atoms with Crippen molar-refractivity contribution >= 4 is 17.7 Å². The number of hydrogen-bond acceptors (Lipinski definition) is 4. The molecule has 0 saturated carbocycles. The Labute approximate surface area is 103 Å². The van der Waals surface area contributed by atoms with Crippen molar-refractivity contribution in [2.45, 2.75) is 26.4 Å². The van der Waals surface area contributed by atoms with Gasteiger partial charge < -0.3 is 20.8 Å². The van der Waals surface area contributed by atoms with Crippen molar-refractivity contribution in [3.8, 4) is 0 Å². The predicted octanol–water partition coefficient (Wildman–Crippen LogP) is -0.0164. The summed E-state index contributed by atoms with van der Waals surface area (Å²) >= 11 is 0. The first-order valence-corrected chi connectivity index (χ1v) is 5.39. The molecular weight excluding hydrogens is 240 g/mol. The summed E-state index contributed by atoms with van der Waals surface area (Å²) in [6.07, 6.45) is -1.52. The van der Waals surface area contributed by atoms with E-state index in [0.29, 0.717) is 11.4 Å². The van der Waals surface area contributed by atoms with Crippen LogP contribution >= 0.6 is 0 Å². The number of carbonyl (C=O) groups excluding carboxylic acids is 1. The molecular formula is C10H16N4O4. The average molecular weight is 256 g/mol. The van der Waals surface area contributed by atoms with Gasteiger partial charge in [0.05, 0.1) is 17.1 Å². The highest BCUT2D eigenvalue weighted by atomic mass is 16.4. The first kappa shape index (κ1) is 14.0. The molecule has 1 unspecified atom stereocenters. The van der Waals surface area contributed by atoms with E-state index >= 15 is 0 Å². The second kappa shape index (κ2) is 6.01. The molecule has 1 aromatic heterocycles. The number of H-pyrrole nitrogens is 1. The lowest BCUT2D eigenvalue weighted by Crippen LogP contribution is -2.33. The van der Waals surface area contributed by atoms with E-state index in [1.54, 1.807) is 13.8 Å². The summed E-state index contributed by atoms with van der Waals surface area (Å²) in [5, 5.41) is 29.1. The van der Waals surface area contributed by atoms with Crippen molar-refractivity contribution in [3.63, 3.8) is 0 Å². The predicted molar refractivity (Wildman–Crippen MR) is 63.3 cm³/mol. The number of aryl methyl sites for hydroxylation is 2. The fourth-order valence-electron chi connectivity index (χ4n) is 1.34. The maximum Gasteiger partial charge on any atom is 0.332 e. The zero-order valence-electron chi connectivity index (χ0n) is 10.1. The summed E-state index contributed by atoms with van der Waals surface area (Å²) in [7, 11) is 0. The molecule has 1 aromatic rings. The van der Waals surface area contributed by atoms with Crippen LogP contribution in [0.2, 0.25) is 0 Å². The van der Waals surface area contributed by atoms with Crippen molar-refractivity contribution in [1.29, 1.82) is 0 Å². The van der Waals surface area contributed by atoms with Crippen LogP contribution in [0.5, 0.6) is 0 Å². The van der Waals surface area contributed by atoms with Crippen LogP contribution in [0.1, 0.15) is 17.8 Å². The highest BCUT2D eigenvalue weighted by Gasteiger charge is 2.14. The van der Waals surface area contributed by atoms with E-state index in [2.05, 4.69) is 20.8 Å². The van der Waals surface area contributed by atoms with Gasteiger partial charge in [0.1, 0.15) is 0 Å². The Morgan fingerprint density at radius 3 is 2.61 bits per heavy atom. The van der Waals surface area contributed by atoms with E-state index in [1.165, 1.54) is 0 Å². The molecule has 8 heteroatoms. The maximum atomic E-state index is 11.5. The van der Waals surface area contributed by atoms with Crippen LogP contribution in [-0.2, 0) is 4.79 Å². The van der Waals surface area contributed by atoms with Gasteiger partial charge in [-0.2, -0.15) is 5.10 Å². The van der Waals surface area contributed by atoms with E-state index in [1.807, 2.05) is 0 Å². The zero-order valence-corrected chi connectivity index (χ0v) is 10.1. The Morgan fingerprint density at radius 2 is 2.11 bits per heavy atom. The SMILES string of the molecule is Cc1n[nH]c(C)c1NC(=O)NCCC(O)C(=O)O. The average Bonchev–Trinajstić information content (AvgIpc) is 2.60. The van der Waals surface area contributed by atoms with Gasteiger partial charge in [-0.1, -0.05) is 0 Å². The van der Waals surface area contributed by atoms with Gasteiger partial charge in [-0.05, 0) is 13.8 Å². The van der Waals surface area contributed by atoms with Gasteiger partial charge in [0.25, 0.3) is 0 Å². The standard InChI is InChI=1S/C10H16N4O4/c1-5-8(6(2)14-13-5)12-10(18)11-4-3-7(15)9(16)17/h7,15H,3-4H2,1-2H3,(H,13,14)(H,16,17)(H2,11,12,18). The topological polar surface area (TPSA) is 127 Å². The highest BCUT2D eigenvalue weighted by Crippen LogP contribution is 2.15. The van der Waals surface area contributed by atoms with Crippen molar-refractivity contribution in [2.24, 2.45) is 0 Å². The Kier molecular flexibility index (Phi) is 4.67. The Bertz CT molecular complexity index is 424. The molecule has 1 rings (SSSR count). The number of carboxylic acid groups (broad SMARTS) is 1. The van der Waals surface area contributed by atoms with Crippen LogP contribution in [0.3, 0.4) is 0 Å². The molecule has 1 heterocycles. The van der Waals surface area contributed by atoms with E-state index < -0.39 is 18.1 Å². The molecule has 0 aliphatic carbocycles. The van der Waals surface area contributed by atoms with Crippen LogP contribution in [0, 0.1) is 13.8 Å². The first-order chi connectivity index (χ1) is 8.41. The third-order valence-electron chi connectivity index (χ3n) is 2.36. The normalized spacial score (nSPS) is 11.9. The number of aliphatic carboxylic acids is 1. The van der Waals surface area contributed by atoms with Gasteiger partial charge in [0, 0.05) is 13.0 Å². The quantitative estimate of drug-likeness (QED) is 0.506. The number of aliphatic hydroxyl groups excluding tert-OH is 1. The number of amides is 2. The minimum absolute atomic E-state index is 0.0495. The molecule has 100 valence electrons. The molecule has 18 heavy (non-hydrogen) atoms. The lowest BCUT2D eigenvalue weighted by molar-refractivity contribution is -0.146. The monoisotopic (exact) mass is 256 g/mol. The van der Waals surface area contributed by atoms with Crippen molar-refractivity contribution in [3.05, 3.63) is 11.4 Å². The molecule has 0 spiro atoms. The number of rotatable bonds is 5. The molecule has 0 fully saturated rings. The minimum atomic E-state index is -1.47. The fraction of sp³-hybridized carbons (Fsp3) is 0.500. The minimum Gasteiger partial charge on any atom is -0.479 e. The number of nitrogens with zero attached hydrogens (tertiary/aromatic N) is 1. The third-order valence-corrected chi connectivity index (χ3v) is 2.36. The van der Waals surface area contributed by atoms with Crippen LogP contribution < -0.4 is 10.6 Å². The summed E-state index contributed by atoms with van der Waals surface area (Å²) in [4.78, 5) is 21.8. The molecule has 0 aliphatic heterocycles. The largest absolute Gasteiger partial charge is 0.479 e. The number of hydrogen-bond donors (Lipinski definition) is 5. The molecule has 0 aromatic carbocycles. The molecule has 0 saturated heterocycles. The lowest BCUT2D eigenvalue weighted by atomic mass is 10.2. The Morgan fingerprint density at radius 1 is 1.44 bits per heavy atom. The number of carbonyl (C=O) groups is 2. The van der Waals surface area contributed by atoms with Crippen LogP contribution in [0.15, 0.2) is 0 Å². The van der Waals surface area contributed by atoms with Gasteiger partial charge in [-0.25, -0.2) is 9.59 Å². The van der Waals surface area contributed by atoms with Crippen molar-refractivity contribution in [1.82, 2.24) is 15.5 Å². The number of urea groups is 1. The third kappa shape index (κ3) is 3.74. The smallest absolute Gasteiger partial charge is 0.332 e. The van der Waals surface area contributed by atoms with Gasteiger partial charge in [-0.3, -0.25) is 5.10 Å². The van der Waals surface area contributed by atoms with E-state index in [9.17, 15) is 9.59 Å². The first-order valence-electron chi connectivity index (χ1n) is 5.39. The number of anilines is 1. The number of carboxylic acids is 1. The summed E-state index contributed by atoms with van der Waals surface area (Å²) < 4.78 is 0. The number of nitrogens with one attached hydrogen (secondary N) is 3. The van der Waals surface area contributed by atoms with Crippen LogP contribution in [-0.4, -0.2) is 45.1 Å². The van der Waals surface area contributed by atoms with Crippen LogP contribution in [0.4, 0.5) is 10.5 Å². The summed E-state index contributed by atoms with van der Waals surface area (Å²) in [5.41, 5.74) is 1.98. The zero-order chi connectivity index (χ0) is 13.7. The van der Waals surface area contributed by atoms with Crippen molar-refractivity contribution < 1.29 is 19.8 Å². The van der Waals surface area contributed by atoms with Crippen LogP contribution in [0.25, 0.3) is 0 Å². The van der Waals surface area contributed by atoms with E-state index in [-0.39, 0.29) is 13.0 Å². The van der Waals surface area contributed by atoms with Crippen molar-refractivity contribution in [2.75, 3.05) is 11.9 Å². The second-order valence-corrected chi connectivity index (χ2v) is 3.83. The number of aliphatic hydroxyl groups is 1. The molecule has 5 N–H and O–H groups in total. The lowest BCUT2D eigenvalue weighted by Gasteiger charge is -2.09. The van der Waals surface area contributed by atoms with E-state index in [4.69, 9.17) is 10.2 Å². The fourth-order valence-corrected chi connectivity index (χ4v) is 1.34. The summed E-state index contributed by atoms with van der Waals surface area (Å²) in [5.74, 6) is -1.31. The number of aromatic amines is 1. The molecule has 2 amide bonds. The summed E-state index contributed by atoms with van der Waals surface area (Å²) in [6, 6.07) is -0.472. The van der Waals surface area contributed by atoms with E-state index in [0.717, 1.165) is 5.69 Å². The van der Waals surface area contributed by atoms with Gasteiger partial charge in [0.2, 0.25) is 0 Å².